The van der Waals surface area contributed by atoms with Crippen LogP contribution in [0.15, 0.2) is 24.3 Å². The predicted molar refractivity (Wildman–Crippen MR) is 82.4 cm³/mol. The third kappa shape index (κ3) is 3.51. The van der Waals surface area contributed by atoms with Crippen LogP contribution >= 0.6 is 0 Å². The number of aryl methyl sites for hydroxylation is 1. The van der Waals surface area contributed by atoms with Crippen molar-refractivity contribution < 1.29 is 4.79 Å². The molecule has 2 unspecified atom stereocenters. The van der Waals surface area contributed by atoms with Crippen molar-refractivity contribution in [2.24, 2.45) is 0 Å². The van der Waals surface area contributed by atoms with Gasteiger partial charge in [0.15, 0.2) is 0 Å². The van der Waals surface area contributed by atoms with Crippen molar-refractivity contribution in [3.63, 3.8) is 0 Å². The molecule has 1 saturated heterocycles. The molecule has 4 heteroatoms. The monoisotopic (exact) mass is 275 g/mol. The van der Waals surface area contributed by atoms with Crippen molar-refractivity contribution in [3.8, 4) is 0 Å². The van der Waals surface area contributed by atoms with Gasteiger partial charge in [0.05, 0.1) is 0 Å². The minimum Gasteiger partial charge on any atom is -0.399 e. The molecule has 0 radical (unpaired) electrons. The summed E-state index contributed by atoms with van der Waals surface area (Å²) < 4.78 is 0. The summed E-state index contributed by atoms with van der Waals surface area (Å²) in [6.07, 6.45) is 1.36. The summed E-state index contributed by atoms with van der Waals surface area (Å²) in [6.45, 7) is 6.02. The highest BCUT2D eigenvalue weighted by Gasteiger charge is 2.28. The molecule has 110 valence electrons. The van der Waals surface area contributed by atoms with E-state index in [-0.39, 0.29) is 5.91 Å². The Kier molecular flexibility index (Phi) is 4.65. The number of hydrogen-bond donors (Lipinski definition) is 1. The fourth-order valence-corrected chi connectivity index (χ4v) is 2.70. The third-order valence-electron chi connectivity index (χ3n) is 4.32. The van der Waals surface area contributed by atoms with Gasteiger partial charge in [-0.25, -0.2) is 0 Å². The third-order valence-corrected chi connectivity index (χ3v) is 4.32. The smallest absolute Gasteiger partial charge is 0.223 e. The molecule has 0 aliphatic carbocycles. The van der Waals surface area contributed by atoms with Crippen LogP contribution in [-0.4, -0.2) is 47.9 Å². The standard InChI is InChI=1S/C16H25N3O/c1-12-10-19(11-13(2)18(12)3)16(20)9-6-14-4-7-15(17)8-5-14/h4-5,7-8,12-13H,6,9-11,17H2,1-3H3. The van der Waals surface area contributed by atoms with E-state index in [1.165, 1.54) is 5.56 Å². The molecule has 1 heterocycles. The van der Waals surface area contributed by atoms with Crippen LogP contribution in [0.5, 0.6) is 0 Å². The van der Waals surface area contributed by atoms with Crippen molar-refractivity contribution in [1.82, 2.24) is 9.80 Å². The number of piperazine rings is 1. The average molecular weight is 275 g/mol. The van der Waals surface area contributed by atoms with Crippen LogP contribution in [0.4, 0.5) is 5.69 Å². The first-order valence-corrected chi connectivity index (χ1v) is 7.31. The number of benzene rings is 1. The SMILES string of the molecule is CC1CN(C(=O)CCc2ccc(N)cc2)CC(C)N1C. The van der Waals surface area contributed by atoms with Gasteiger partial charge < -0.3 is 10.6 Å². The van der Waals surface area contributed by atoms with Crippen LogP contribution in [-0.2, 0) is 11.2 Å². The Hall–Kier alpha value is -1.55. The summed E-state index contributed by atoms with van der Waals surface area (Å²) in [7, 11) is 2.13. The quantitative estimate of drug-likeness (QED) is 0.855. The maximum atomic E-state index is 12.3. The van der Waals surface area contributed by atoms with Gasteiger partial charge in [-0.3, -0.25) is 9.69 Å². The van der Waals surface area contributed by atoms with Gasteiger partial charge in [-0.1, -0.05) is 12.1 Å². The average Bonchev–Trinajstić information content (AvgIpc) is 2.43. The first kappa shape index (κ1) is 14.9. The van der Waals surface area contributed by atoms with E-state index in [1.54, 1.807) is 0 Å². The first-order valence-electron chi connectivity index (χ1n) is 7.31. The van der Waals surface area contributed by atoms with Crippen LogP contribution < -0.4 is 5.73 Å². The maximum absolute atomic E-state index is 12.3. The molecule has 1 aromatic rings. The summed E-state index contributed by atoms with van der Waals surface area (Å²) in [4.78, 5) is 16.7. The molecule has 2 atom stereocenters. The lowest BCUT2D eigenvalue weighted by atomic mass is 10.1. The van der Waals surface area contributed by atoms with E-state index in [0.717, 1.165) is 25.2 Å². The van der Waals surface area contributed by atoms with Gasteiger partial charge in [0.25, 0.3) is 0 Å². The molecule has 1 aliphatic heterocycles. The largest absolute Gasteiger partial charge is 0.399 e. The molecular weight excluding hydrogens is 250 g/mol. The van der Waals surface area contributed by atoms with E-state index in [1.807, 2.05) is 29.2 Å². The van der Waals surface area contributed by atoms with E-state index < -0.39 is 0 Å². The summed E-state index contributed by atoms with van der Waals surface area (Å²) in [6, 6.07) is 8.63. The Morgan fingerprint density at radius 1 is 1.20 bits per heavy atom. The van der Waals surface area contributed by atoms with Gasteiger partial charge >= 0.3 is 0 Å². The molecule has 1 aromatic carbocycles. The molecule has 1 amide bonds. The lowest BCUT2D eigenvalue weighted by molar-refractivity contribution is -0.135. The summed E-state index contributed by atoms with van der Waals surface area (Å²) in [5.41, 5.74) is 7.60. The highest BCUT2D eigenvalue weighted by atomic mass is 16.2. The Balaban J connectivity index is 1.87. The number of nitrogen functional groups attached to an aromatic ring is 1. The van der Waals surface area contributed by atoms with Crippen molar-refractivity contribution in [2.75, 3.05) is 25.9 Å². The molecule has 4 nitrogen and oxygen atoms in total. The Morgan fingerprint density at radius 3 is 2.30 bits per heavy atom. The number of anilines is 1. The van der Waals surface area contributed by atoms with Crippen LogP contribution in [0.25, 0.3) is 0 Å². The highest BCUT2D eigenvalue weighted by molar-refractivity contribution is 5.76. The molecular formula is C16H25N3O. The first-order chi connectivity index (χ1) is 9.47. The van der Waals surface area contributed by atoms with E-state index in [9.17, 15) is 4.79 Å². The fourth-order valence-electron chi connectivity index (χ4n) is 2.70. The number of rotatable bonds is 3. The van der Waals surface area contributed by atoms with Crippen molar-refractivity contribution >= 4 is 11.6 Å². The van der Waals surface area contributed by atoms with E-state index in [0.29, 0.717) is 18.5 Å². The maximum Gasteiger partial charge on any atom is 0.223 e. The van der Waals surface area contributed by atoms with Crippen LogP contribution in [0.1, 0.15) is 25.8 Å². The molecule has 0 bridgehead atoms. The van der Waals surface area contributed by atoms with Crippen LogP contribution in [0, 0.1) is 0 Å². The lowest BCUT2D eigenvalue weighted by Crippen LogP contribution is -2.56. The fraction of sp³-hybridized carbons (Fsp3) is 0.562. The Morgan fingerprint density at radius 2 is 1.75 bits per heavy atom. The number of hydrogen-bond acceptors (Lipinski definition) is 3. The molecule has 2 N–H and O–H groups in total. The summed E-state index contributed by atoms with van der Waals surface area (Å²) in [5.74, 6) is 0.258. The second-order valence-corrected chi connectivity index (χ2v) is 5.90. The zero-order valence-corrected chi connectivity index (χ0v) is 12.7. The predicted octanol–water partition coefficient (Wildman–Crippen LogP) is 1.75. The Labute approximate surface area is 121 Å². The topological polar surface area (TPSA) is 49.6 Å². The molecule has 0 aromatic heterocycles. The van der Waals surface area contributed by atoms with Gasteiger partial charge in [0.2, 0.25) is 5.91 Å². The van der Waals surface area contributed by atoms with E-state index in [4.69, 9.17) is 5.73 Å². The zero-order valence-electron chi connectivity index (χ0n) is 12.7. The van der Waals surface area contributed by atoms with E-state index in [2.05, 4.69) is 25.8 Å². The second-order valence-electron chi connectivity index (χ2n) is 5.90. The number of likely N-dealkylation sites (N-methyl/N-ethyl adjacent to an activating group) is 1. The van der Waals surface area contributed by atoms with Gasteiger partial charge in [-0.05, 0) is 45.0 Å². The van der Waals surface area contributed by atoms with Crippen LogP contribution in [0.3, 0.4) is 0 Å². The number of nitrogens with zero attached hydrogens (tertiary/aromatic N) is 2. The summed E-state index contributed by atoms with van der Waals surface area (Å²) in [5, 5.41) is 0. The molecule has 1 fully saturated rings. The van der Waals surface area contributed by atoms with Crippen molar-refractivity contribution in [1.29, 1.82) is 0 Å². The number of carbonyl (C=O) groups is 1. The Bertz CT molecular complexity index is 445. The van der Waals surface area contributed by atoms with Crippen molar-refractivity contribution in [2.45, 2.75) is 38.8 Å². The summed E-state index contributed by atoms with van der Waals surface area (Å²) >= 11 is 0. The minimum absolute atomic E-state index is 0.258. The van der Waals surface area contributed by atoms with Gasteiger partial charge in [0, 0.05) is 37.3 Å². The number of amides is 1. The molecule has 0 saturated carbocycles. The van der Waals surface area contributed by atoms with Crippen LogP contribution in [0.2, 0.25) is 0 Å². The number of nitrogens with two attached hydrogens (primary N) is 1. The van der Waals surface area contributed by atoms with Gasteiger partial charge in [-0.2, -0.15) is 0 Å². The van der Waals surface area contributed by atoms with Crippen molar-refractivity contribution in [3.05, 3.63) is 29.8 Å². The highest BCUT2D eigenvalue weighted by Crippen LogP contribution is 2.15. The van der Waals surface area contributed by atoms with E-state index >= 15 is 0 Å². The minimum atomic E-state index is 0.258. The molecule has 0 spiro atoms. The number of carbonyl (C=O) groups excluding carboxylic acids is 1. The normalized spacial score (nSPS) is 23.9. The lowest BCUT2D eigenvalue weighted by Gasteiger charge is -2.42. The second kappa shape index (κ2) is 6.27. The van der Waals surface area contributed by atoms with Gasteiger partial charge in [-0.15, -0.1) is 0 Å². The molecule has 20 heavy (non-hydrogen) atoms. The van der Waals surface area contributed by atoms with Gasteiger partial charge in [0.1, 0.15) is 0 Å². The molecule has 2 rings (SSSR count). The zero-order chi connectivity index (χ0) is 14.7. The molecule has 1 aliphatic rings.